The molecule has 3 aromatic rings. The minimum Gasteiger partial charge on any atom is -0.367 e. The van der Waals surface area contributed by atoms with Crippen LogP contribution in [0.2, 0.25) is 0 Å². The van der Waals surface area contributed by atoms with E-state index in [1.807, 2.05) is 7.11 Å². The molecule has 0 bridgehead atoms. The lowest BCUT2D eigenvalue weighted by Gasteiger charge is -2.35. The molecule has 0 amide bonds. The van der Waals surface area contributed by atoms with E-state index in [9.17, 15) is 0 Å². The van der Waals surface area contributed by atoms with E-state index in [0.29, 0.717) is 12.1 Å². The van der Waals surface area contributed by atoms with Gasteiger partial charge in [0.15, 0.2) is 0 Å². The second-order valence-corrected chi connectivity index (χ2v) is 8.71. The van der Waals surface area contributed by atoms with Crippen LogP contribution < -0.4 is 0 Å². The van der Waals surface area contributed by atoms with Crippen molar-refractivity contribution in [3.8, 4) is 0 Å². The van der Waals surface area contributed by atoms with Crippen LogP contribution in [0.25, 0.3) is 0 Å². The standard InChI is InChI=1S/C28H31NO/c1-30-28(23-16-8-3-9-17-23,24-18-10-4-11-19-24)27-26(22-14-6-2-7-15-22)29(27)25-20-12-5-13-21-25/h2-4,6-11,14-19,25-27H,5,12-13,20-21H2,1H3. The average Bonchev–Trinajstić information content (AvgIpc) is 3.59. The fourth-order valence-corrected chi connectivity index (χ4v) is 5.75. The Labute approximate surface area is 180 Å². The second kappa shape index (κ2) is 8.37. The Hall–Kier alpha value is -2.42. The first-order valence-corrected chi connectivity index (χ1v) is 11.3. The van der Waals surface area contributed by atoms with Crippen LogP contribution in [-0.4, -0.2) is 24.1 Å². The third kappa shape index (κ3) is 3.29. The topological polar surface area (TPSA) is 12.2 Å². The van der Waals surface area contributed by atoms with E-state index in [2.05, 4.69) is 95.9 Å². The smallest absolute Gasteiger partial charge is 0.135 e. The quantitative estimate of drug-likeness (QED) is 0.450. The number of hydrogen-bond acceptors (Lipinski definition) is 2. The van der Waals surface area contributed by atoms with Crippen molar-refractivity contribution < 1.29 is 4.74 Å². The molecule has 1 aliphatic heterocycles. The van der Waals surface area contributed by atoms with Crippen LogP contribution in [-0.2, 0) is 10.3 Å². The van der Waals surface area contributed by atoms with Gasteiger partial charge in [-0.2, -0.15) is 0 Å². The van der Waals surface area contributed by atoms with Gasteiger partial charge in [-0.05, 0) is 29.5 Å². The molecule has 1 aliphatic carbocycles. The minimum atomic E-state index is -0.486. The van der Waals surface area contributed by atoms with E-state index < -0.39 is 5.60 Å². The zero-order valence-electron chi connectivity index (χ0n) is 17.8. The fraction of sp³-hybridized carbons (Fsp3) is 0.357. The third-order valence-corrected chi connectivity index (χ3v) is 7.13. The van der Waals surface area contributed by atoms with E-state index in [1.54, 1.807) is 0 Å². The first kappa shape index (κ1) is 19.5. The molecular formula is C28H31NO. The van der Waals surface area contributed by atoms with Crippen molar-refractivity contribution in [2.24, 2.45) is 0 Å². The monoisotopic (exact) mass is 397 g/mol. The largest absolute Gasteiger partial charge is 0.367 e. The maximum Gasteiger partial charge on any atom is 0.135 e. The van der Waals surface area contributed by atoms with Crippen molar-refractivity contribution in [1.29, 1.82) is 0 Å². The van der Waals surface area contributed by atoms with Gasteiger partial charge in [-0.25, -0.2) is 0 Å². The van der Waals surface area contributed by atoms with Gasteiger partial charge in [0, 0.05) is 13.2 Å². The van der Waals surface area contributed by atoms with Crippen LogP contribution in [0, 0.1) is 0 Å². The van der Waals surface area contributed by atoms with E-state index in [-0.39, 0.29) is 6.04 Å². The summed E-state index contributed by atoms with van der Waals surface area (Å²) in [5.41, 5.74) is 3.40. The third-order valence-electron chi connectivity index (χ3n) is 7.13. The lowest BCUT2D eigenvalue weighted by molar-refractivity contribution is 0.00497. The van der Waals surface area contributed by atoms with Gasteiger partial charge in [0.2, 0.25) is 0 Å². The highest BCUT2D eigenvalue weighted by Crippen LogP contribution is 2.58. The summed E-state index contributed by atoms with van der Waals surface area (Å²) in [5.74, 6) is 0. The average molecular weight is 398 g/mol. The van der Waals surface area contributed by atoms with Gasteiger partial charge < -0.3 is 4.74 Å². The molecule has 1 saturated carbocycles. The zero-order valence-corrected chi connectivity index (χ0v) is 17.8. The van der Waals surface area contributed by atoms with Gasteiger partial charge in [0.05, 0.1) is 12.1 Å². The Bertz CT molecular complexity index is 895. The molecule has 2 heteroatoms. The van der Waals surface area contributed by atoms with Crippen LogP contribution in [0.5, 0.6) is 0 Å². The highest BCUT2D eigenvalue weighted by molar-refractivity contribution is 5.45. The molecule has 1 heterocycles. The molecule has 0 aromatic heterocycles. The maximum absolute atomic E-state index is 6.57. The summed E-state index contributed by atoms with van der Waals surface area (Å²) < 4.78 is 6.57. The number of methoxy groups -OCH3 is 1. The molecule has 3 unspecified atom stereocenters. The molecule has 2 aliphatic rings. The summed E-state index contributed by atoms with van der Waals surface area (Å²) >= 11 is 0. The van der Waals surface area contributed by atoms with Crippen molar-refractivity contribution in [3.63, 3.8) is 0 Å². The van der Waals surface area contributed by atoms with Crippen molar-refractivity contribution in [1.82, 2.24) is 4.90 Å². The highest BCUT2D eigenvalue weighted by Gasteiger charge is 2.63. The van der Waals surface area contributed by atoms with Crippen molar-refractivity contribution in [2.75, 3.05) is 7.11 Å². The molecule has 3 aromatic carbocycles. The number of rotatable bonds is 6. The Kier molecular flexibility index (Phi) is 5.45. The summed E-state index contributed by atoms with van der Waals surface area (Å²) in [5, 5.41) is 0. The summed E-state index contributed by atoms with van der Waals surface area (Å²) in [6, 6.07) is 34.0. The molecule has 0 spiro atoms. The normalized spacial score (nSPS) is 24.5. The highest BCUT2D eigenvalue weighted by atomic mass is 16.5. The van der Waals surface area contributed by atoms with Crippen LogP contribution >= 0.6 is 0 Å². The summed E-state index contributed by atoms with van der Waals surface area (Å²) in [6.45, 7) is 0. The molecule has 0 N–H and O–H groups in total. The van der Waals surface area contributed by atoms with Crippen LogP contribution in [0.15, 0.2) is 91.0 Å². The number of ether oxygens (including phenoxy) is 1. The lowest BCUT2D eigenvalue weighted by atomic mass is 9.80. The lowest BCUT2D eigenvalue weighted by Crippen LogP contribution is -2.40. The Morgan fingerprint density at radius 3 is 1.70 bits per heavy atom. The molecular weight excluding hydrogens is 366 g/mol. The predicted octanol–water partition coefficient (Wildman–Crippen LogP) is 6.33. The summed E-state index contributed by atoms with van der Waals surface area (Å²) in [4.78, 5) is 2.76. The van der Waals surface area contributed by atoms with E-state index in [1.165, 1.54) is 48.8 Å². The van der Waals surface area contributed by atoms with Gasteiger partial charge in [-0.15, -0.1) is 0 Å². The predicted molar refractivity (Wildman–Crippen MR) is 122 cm³/mol. The van der Waals surface area contributed by atoms with E-state index in [4.69, 9.17) is 4.74 Å². The number of nitrogens with zero attached hydrogens (tertiary/aromatic N) is 1. The Morgan fingerprint density at radius 2 is 1.20 bits per heavy atom. The first-order valence-electron chi connectivity index (χ1n) is 11.3. The SMILES string of the molecule is COC(c1ccccc1)(c1ccccc1)C1C(c2ccccc2)N1C1CCCCC1. The summed E-state index contributed by atoms with van der Waals surface area (Å²) in [6.07, 6.45) is 6.64. The summed E-state index contributed by atoms with van der Waals surface area (Å²) in [7, 11) is 1.89. The number of benzene rings is 3. The minimum absolute atomic E-state index is 0.290. The van der Waals surface area contributed by atoms with Crippen molar-refractivity contribution in [3.05, 3.63) is 108 Å². The Morgan fingerprint density at radius 1 is 0.700 bits per heavy atom. The van der Waals surface area contributed by atoms with Crippen LogP contribution in [0.3, 0.4) is 0 Å². The molecule has 1 saturated heterocycles. The van der Waals surface area contributed by atoms with Crippen LogP contribution in [0.4, 0.5) is 0 Å². The van der Waals surface area contributed by atoms with Gasteiger partial charge in [0.25, 0.3) is 0 Å². The zero-order chi connectivity index (χ0) is 20.4. The first-order chi connectivity index (χ1) is 14.9. The molecule has 30 heavy (non-hydrogen) atoms. The fourth-order valence-electron chi connectivity index (χ4n) is 5.75. The van der Waals surface area contributed by atoms with Gasteiger partial charge in [-0.3, -0.25) is 4.90 Å². The van der Waals surface area contributed by atoms with Gasteiger partial charge in [-0.1, -0.05) is 110 Å². The second-order valence-electron chi connectivity index (χ2n) is 8.71. The molecule has 0 radical (unpaired) electrons. The molecule has 2 nitrogen and oxygen atoms in total. The number of hydrogen-bond donors (Lipinski definition) is 0. The molecule has 5 rings (SSSR count). The van der Waals surface area contributed by atoms with Gasteiger partial charge >= 0.3 is 0 Å². The molecule has 154 valence electrons. The van der Waals surface area contributed by atoms with Crippen molar-refractivity contribution in [2.45, 2.75) is 55.8 Å². The maximum atomic E-state index is 6.57. The molecule has 2 fully saturated rings. The van der Waals surface area contributed by atoms with Crippen molar-refractivity contribution >= 4 is 0 Å². The van der Waals surface area contributed by atoms with E-state index >= 15 is 0 Å². The van der Waals surface area contributed by atoms with Crippen LogP contribution in [0.1, 0.15) is 54.8 Å². The van der Waals surface area contributed by atoms with E-state index in [0.717, 1.165) is 0 Å². The molecule has 3 atom stereocenters. The van der Waals surface area contributed by atoms with Gasteiger partial charge in [0.1, 0.15) is 5.60 Å². The Balaban J connectivity index is 1.65.